The number of nitrogens with zero attached hydrogens (tertiary/aromatic N) is 3. The second-order valence-electron chi connectivity index (χ2n) is 7.72. The average Bonchev–Trinajstić information content (AvgIpc) is 3.42. The van der Waals surface area contributed by atoms with Crippen LogP contribution in [0, 0.1) is 5.92 Å². The molecule has 2 aliphatic rings. The van der Waals surface area contributed by atoms with E-state index in [1.54, 1.807) is 11.0 Å². The van der Waals surface area contributed by atoms with Gasteiger partial charge in [0.15, 0.2) is 5.65 Å². The van der Waals surface area contributed by atoms with Gasteiger partial charge < -0.3 is 10.6 Å². The molecule has 1 aliphatic heterocycles. The summed E-state index contributed by atoms with van der Waals surface area (Å²) in [6, 6.07) is 1.82. The molecule has 0 spiro atoms. The number of aromatic amines is 1. The summed E-state index contributed by atoms with van der Waals surface area (Å²) in [7, 11) is 0. The Labute approximate surface area is 180 Å². The van der Waals surface area contributed by atoms with Gasteiger partial charge in [0.25, 0.3) is 11.5 Å². The molecule has 2 fully saturated rings. The molecule has 2 aromatic heterocycles. The predicted molar refractivity (Wildman–Crippen MR) is 116 cm³/mol. The largest absolute Gasteiger partial charge is 0.336 e. The molecule has 1 saturated heterocycles. The lowest BCUT2D eigenvalue weighted by molar-refractivity contribution is 0.0745. The molecule has 10 heteroatoms. The van der Waals surface area contributed by atoms with Gasteiger partial charge in [-0.1, -0.05) is 0 Å². The average molecular weight is 444 g/mol. The second kappa shape index (κ2) is 8.85. The number of halogens is 2. The molecule has 0 radical (unpaired) electrons. The third kappa shape index (κ3) is 4.06. The molecule has 0 bridgehead atoms. The van der Waals surface area contributed by atoms with E-state index in [2.05, 4.69) is 9.97 Å². The van der Waals surface area contributed by atoms with Crippen molar-refractivity contribution in [1.29, 1.82) is 0 Å². The molecule has 1 amide bonds. The van der Waals surface area contributed by atoms with Crippen LogP contribution in [-0.2, 0) is 6.54 Å². The van der Waals surface area contributed by atoms with Crippen LogP contribution < -0.4 is 17.0 Å². The van der Waals surface area contributed by atoms with Gasteiger partial charge in [-0.15, -0.1) is 24.8 Å². The third-order valence-corrected chi connectivity index (χ3v) is 5.77. The minimum absolute atomic E-state index is 0. The van der Waals surface area contributed by atoms with E-state index in [1.165, 1.54) is 4.57 Å². The minimum atomic E-state index is -0.555. The Morgan fingerprint density at radius 1 is 1.31 bits per heavy atom. The number of carbonyl (C=O) groups excluding carboxylic acids is 1. The van der Waals surface area contributed by atoms with Crippen molar-refractivity contribution in [2.24, 2.45) is 11.7 Å². The number of hydrogen-bond donors (Lipinski definition) is 2. The zero-order valence-corrected chi connectivity index (χ0v) is 18.1. The fraction of sp³-hybridized carbons (Fsp3) is 0.579. The maximum Gasteiger partial charge on any atom is 0.329 e. The van der Waals surface area contributed by atoms with Crippen LogP contribution in [0.25, 0.3) is 11.0 Å². The van der Waals surface area contributed by atoms with Crippen molar-refractivity contribution >= 4 is 41.8 Å². The van der Waals surface area contributed by atoms with Crippen molar-refractivity contribution in [3.8, 4) is 0 Å². The standard InChI is InChI=1S/C19H25N5O3.2ClH/c1-3-23-16-15(17(25)22-19(23)27)13(7-14(21-16)12-4-5-12)18(26)24-9-11(8-20)6-10(24)2;;/h7,10-12H,3-6,8-9,20H2,1-2H3,(H,22,25,27);2*1H. The fourth-order valence-electron chi connectivity index (χ4n) is 4.09. The van der Waals surface area contributed by atoms with Crippen LogP contribution in [0.3, 0.4) is 0 Å². The van der Waals surface area contributed by atoms with Gasteiger partial charge in [0.05, 0.1) is 10.9 Å². The van der Waals surface area contributed by atoms with Gasteiger partial charge in [-0.3, -0.25) is 19.1 Å². The molecule has 2 aromatic rings. The van der Waals surface area contributed by atoms with Crippen LogP contribution in [0.15, 0.2) is 15.7 Å². The highest BCUT2D eigenvalue weighted by molar-refractivity contribution is 6.05. The van der Waals surface area contributed by atoms with E-state index >= 15 is 0 Å². The maximum atomic E-state index is 13.4. The molecule has 1 saturated carbocycles. The zero-order chi connectivity index (χ0) is 19.3. The quantitative estimate of drug-likeness (QED) is 0.744. The molecule has 3 N–H and O–H groups in total. The van der Waals surface area contributed by atoms with Crippen molar-refractivity contribution in [2.75, 3.05) is 13.1 Å². The summed E-state index contributed by atoms with van der Waals surface area (Å²) < 4.78 is 1.43. The van der Waals surface area contributed by atoms with Gasteiger partial charge >= 0.3 is 5.69 Å². The molecule has 2 unspecified atom stereocenters. The molecule has 0 aromatic carbocycles. The molecule has 29 heavy (non-hydrogen) atoms. The highest BCUT2D eigenvalue weighted by atomic mass is 35.5. The number of fused-ring (bicyclic) bond motifs is 1. The Balaban J connectivity index is 0.00000150. The fourth-order valence-corrected chi connectivity index (χ4v) is 4.09. The van der Waals surface area contributed by atoms with Crippen molar-refractivity contribution in [3.05, 3.63) is 38.2 Å². The van der Waals surface area contributed by atoms with Crippen LogP contribution >= 0.6 is 24.8 Å². The number of aromatic nitrogens is 3. The molecule has 8 nitrogen and oxygen atoms in total. The molecule has 160 valence electrons. The number of nitrogens with one attached hydrogen (secondary N) is 1. The van der Waals surface area contributed by atoms with Crippen LogP contribution in [0.2, 0.25) is 0 Å². The van der Waals surface area contributed by atoms with Gasteiger partial charge in [-0.05, 0) is 51.6 Å². The molecule has 4 rings (SSSR count). The summed E-state index contributed by atoms with van der Waals surface area (Å²) >= 11 is 0. The molecule has 3 heterocycles. The lowest BCUT2D eigenvalue weighted by atomic mass is 10.1. The van der Waals surface area contributed by atoms with Crippen LogP contribution in [0.4, 0.5) is 0 Å². The number of pyridine rings is 1. The number of H-pyrrole nitrogens is 1. The number of hydrogen-bond acceptors (Lipinski definition) is 5. The van der Waals surface area contributed by atoms with Crippen molar-refractivity contribution in [3.63, 3.8) is 0 Å². The molecule has 2 atom stereocenters. The first-order chi connectivity index (χ1) is 12.9. The summed E-state index contributed by atoms with van der Waals surface area (Å²) in [5.41, 5.74) is 6.19. The number of carbonyl (C=O) groups is 1. The number of likely N-dealkylation sites (tertiary alicyclic amines) is 1. The topological polar surface area (TPSA) is 114 Å². The Morgan fingerprint density at radius 2 is 2.00 bits per heavy atom. The lowest BCUT2D eigenvalue weighted by Crippen LogP contribution is -2.37. The smallest absolute Gasteiger partial charge is 0.329 e. The lowest BCUT2D eigenvalue weighted by Gasteiger charge is -2.23. The van der Waals surface area contributed by atoms with Gasteiger partial charge in [-0.2, -0.15) is 0 Å². The first-order valence-corrected chi connectivity index (χ1v) is 9.63. The first kappa shape index (κ1) is 23.4. The molecular formula is C19H27Cl2N5O3. The number of aryl methyl sites for hydroxylation is 1. The van der Waals surface area contributed by atoms with Crippen LogP contribution in [0.5, 0.6) is 0 Å². The monoisotopic (exact) mass is 443 g/mol. The van der Waals surface area contributed by atoms with Crippen molar-refractivity contribution in [1.82, 2.24) is 19.4 Å². The summed E-state index contributed by atoms with van der Waals surface area (Å²) in [6.07, 6.45) is 2.89. The summed E-state index contributed by atoms with van der Waals surface area (Å²) in [6.45, 7) is 5.32. The zero-order valence-electron chi connectivity index (χ0n) is 16.5. The molecule has 1 aliphatic carbocycles. The minimum Gasteiger partial charge on any atom is -0.336 e. The van der Waals surface area contributed by atoms with Gasteiger partial charge in [-0.25, -0.2) is 9.78 Å². The van der Waals surface area contributed by atoms with E-state index in [1.807, 2.05) is 13.8 Å². The van der Waals surface area contributed by atoms with E-state index in [0.29, 0.717) is 36.8 Å². The van der Waals surface area contributed by atoms with Crippen LogP contribution in [0.1, 0.15) is 55.1 Å². The number of amides is 1. The van der Waals surface area contributed by atoms with E-state index in [4.69, 9.17) is 5.73 Å². The highest BCUT2D eigenvalue weighted by Crippen LogP contribution is 2.40. The van der Waals surface area contributed by atoms with E-state index in [-0.39, 0.29) is 48.1 Å². The predicted octanol–water partition coefficient (Wildman–Crippen LogP) is 1.64. The summed E-state index contributed by atoms with van der Waals surface area (Å²) in [5.74, 6) is 0.389. The van der Waals surface area contributed by atoms with E-state index in [9.17, 15) is 14.4 Å². The maximum absolute atomic E-state index is 13.4. The molecular weight excluding hydrogens is 417 g/mol. The Bertz CT molecular complexity index is 1030. The SMILES string of the molecule is CCn1c(=O)[nH]c(=O)c2c(C(=O)N3CC(CN)CC3C)cc(C3CC3)nc21.Cl.Cl. The Morgan fingerprint density at radius 3 is 2.55 bits per heavy atom. The van der Waals surface area contributed by atoms with Gasteiger partial charge in [0.1, 0.15) is 0 Å². The van der Waals surface area contributed by atoms with Crippen molar-refractivity contribution < 1.29 is 4.79 Å². The van der Waals surface area contributed by atoms with E-state index in [0.717, 1.165) is 25.0 Å². The first-order valence-electron chi connectivity index (χ1n) is 9.63. The van der Waals surface area contributed by atoms with Gasteiger partial charge in [0.2, 0.25) is 0 Å². The Kier molecular flexibility index (Phi) is 7.14. The van der Waals surface area contributed by atoms with Gasteiger partial charge in [0, 0.05) is 30.7 Å². The summed E-state index contributed by atoms with van der Waals surface area (Å²) in [4.78, 5) is 46.9. The van der Waals surface area contributed by atoms with Crippen LogP contribution in [-0.4, -0.2) is 44.5 Å². The highest BCUT2D eigenvalue weighted by Gasteiger charge is 2.35. The number of rotatable bonds is 4. The normalized spacial score (nSPS) is 21.0. The number of nitrogens with two attached hydrogens (primary N) is 1. The Hall–Kier alpha value is -1.90. The van der Waals surface area contributed by atoms with Crippen molar-refractivity contribution in [2.45, 2.75) is 51.6 Å². The second-order valence-corrected chi connectivity index (χ2v) is 7.72. The van der Waals surface area contributed by atoms with E-state index < -0.39 is 11.2 Å². The third-order valence-electron chi connectivity index (χ3n) is 5.77. The summed E-state index contributed by atoms with van der Waals surface area (Å²) in [5, 5.41) is 0.203.